The van der Waals surface area contributed by atoms with E-state index in [0.29, 0.717) is 17.0 Å². The highest BCUT2D eigenvalue weighted by molar-refractivity contribution is 5.70. The largest absolute Gasteiger partial charge is 0.350 e. The van der Waals surface area contributed by atoms with Crippen molar-refractivity contribution in [2.24, 2.45) is 11.7 Å². The van der Waals surface area contributed by atoms with Crippen molar-refractivity contribution >= 4 is 6.03 Å². The SMILES string of the molecule is NC(=O)N(O)C[C@@H]1C[C@H]1c1ccc(F)cc1F. The molecule has 0 aromatic heterocycles. The van der Waals surface area contributed by atoms with Gasteiger partial charge in [0.2, 0.25) is 0 Å². The van der Waals surface area contributed by atoms with Gasteiger partial charge in [-0.1, -0.05) is 6.07 Å². The fourth-order valence-electron chi connectivity index (χ4n) is 1.94. The van der Waals surface area contributed by atoms with Crippen molar-refractivity contribution < 1.29 is 18.8 Å². The highest BCUT2D eigenvalue weighted by Gasteiger charge is 2.41. The predicted octanol–water partition coefficient (Wildman–Crippen LogP) is 1.84. The number of hydrogen-bond donors (Lipinski definition) is 2. The summed E-state index contributed by atoms with van der Waals surface area (Å²) in [6, 6.07) is 2.48. The zero-order chi connectivity index (χ0) is 12.6. The molecule has 0 spiro atoms. The highest BCUT2D eigenvalue weighted by atomic mass is 19.1. The molecule has 1 saturated carbocycles. The number of nitrogens with two attached hydrogens (primary N) is 1. The second-order valence-electron chi connectivity index (χ2n) is 4.19. The topological polar surface area (TPSA) is 66.6 Å². The zero-order valence-corrected chi connectivity index (χ0v) is 8.94. The highest BCUT2D eigenvalue weighted by Crippen LogP contribution is 2.48. The normalized spacial score (nSPS) is 22.3. The third kappa shape index (κ3) is 2.52. The number of carbonyl (C=O) groups is 1. The molecule has 2 atom stereocenters. The third-order valence-electron chi connectivity index (χ3n) is 2.95. The van der Waals surface area contributed by atoms with E-state index in [2.05, 4.69) is 0 Å². The quantitative estimate of drug-likeness (QED) is 0.627. The Morgan fingerprint density at radius 2 is 2.24 bits per heavy atom. The molecule has 0 radical (unpaired) electrons. The maximum absolute atomic E-state index is 13.4. The molecule has 1 aliphatic rings. The second-order valence-corrected chi connectivity index (χ2v) is 4.19. The van der Waals surface area contributed by atoms with E-state index in [4.69, 9.17) is 10.9 Å². The molecule has 1 aromatic rings. The second kappa shape index (κ2) is 4.29. The Morgan fingerprint density at radius 1 is 1.53 bits per heavy atom. The minimum absolute atomic E-state index is 0.0348. The summed E-state index contributed by atoms with van der Waals surface area (Å²) in [6.07, 6.45) is 0.646. The number of amides is 2. The van der Waals surface area contributed by atoms with Crippen molar-refractivity contribution in [1.29, 1.82) is 0 Å². The lowest BCUT2D eigenvalue weighted by molar-refractivity contribution is -0.0432. The van der Waals surface area contributed by atoms with Crippen molar-refractivity contribution in [3.63, 3.8) is 0 Å². The first-order valence-electron chi connectivity index (χ1n) is 5.20. The average molecular weight is 242 g/mol. The maximum atomic E-state index is 13.4. The van der Waals surface area contributed by atoms with Crippen LogP contribution in [0.4, 0.5) is 13.6 Å². The van der Waals surface area contributed by atoms with Crippen molar-refractivity contribution in [2.45, 2.75) is 12.3 Å². The standard InChI is InChI=1S/C11H12F2N2O2/c12-7-1-2-8(10(13)4-7)9-3-6(9)5-15(17)11(14)16/h1-2,4,6,9,17H,3,5H2,(H2,14,16)/t6-,9+/m0/s1. The number of primary amides is 1. The number of nitrogens with zero attached hydrogens (tertiary/aromatic N) is 1. The fraction of sp³-hybridized carbons (Fsp3) is 0.364. The molecular weight excluding hydrogens is 230 g/mol. The number of halogens is 2. The Labute approximate surface area is 96.6 Å². The van der Waals surface area contributed by atoms with Crippen molar-refractivity contribution in [3.8, 4) is 0 Å². The first-order chi connectivity index (χ1) is 7.99. The first-order valence-corrected chi connectivity index (χ1v) is 5.20. The van der Waals surface area contributed by atoms with E-state index in [1.165, 1.54) is 12.1 Å². The Kier molecular flexibility index (Phi) is 2.97. The van der Waals surface area contributed by atoms with Crippen LogP contribution in [0.3, 0.4) is 0 Å². The summed E-state index contributed by atoms with van der Waals surface area (Å²) in [5, 5.41) is 9.53. The maximum Gasteiger partial charge on any atom is 0.338 e. The van der Waals surface area contributed by atoms with Crippen molar-refractivity contribution in [2.75, 3.05) is 6.54 Å². The molecule has 4 nitrogen and oxygen atoms in total. The molecule has 2 amide bonds. The van der Waals surface area contributed by atoms with Gasteiger partial charge in [-0.15, -0.1) is 0 Å². The Hall–Kier alpha value is -1.69. The molecule has 1 fully saturated rings. The van der Waals surface area contributed by atoms with Gasteiger partial charge in [-0.05, 0) is 29.9 Å². The molecule has 2 rings (SSSR count). The Balaban J connectivity index is 2.00. The summed E-state index contributed by atoms with van der Waals surface area (Å²) in [7, 11) is 0. The van der Waals surface area contributed by atoms with Crippen LogP contribution in [0.15, 0.2) is 18.2 Å². The number of carbonyl (C=O) groups excluding carboxylic acids is 1. The van der Waals surface area contributed by atoms with Gasteiger partial charge in [-0.25, -0.2) is 18.6 Å². The van der Waals surface area contributed by atoms with Crippen molar-refractivity contribution in [3.05, 3.63) is 35.4 Å². The van der Waals surface area contributed by atoms with Gasteiger partial charge in [0.15, 0.2) is 0 Å². The minimum atomic E-state index is -0.935. The molecule has 6 heteroatoms. The molecule has 3 N–H and O–H groups in total. The lowest BCUT2D eigenvalue weighted by atomic mass is 10.1. The van der Waals surface area contributed by atoms with Crippen LogP contribution < -0.4 is 5.73 Å². The molecule has 0 unspecified atom stereocenters. The molecule has 1 aliphatic carbocycles. The Bertz CT molecular complexity index is 453. The number of benzene rings is 1. The predicted molar refractivity (Wildman–Crippen MR) is 55.3 cm³/mol. The van der Waals surface area contributed by atoms with Crippen LogP contribution in [0, 0.1) is 17.6 Å². The zero-order valence-electron chi connectivity index (χ0n) is 8.94. The van der Waals surface area contributed by atoms with Crippen LogP contribution >= 0.6 is 0 Å². The van der Waals surface area contributed by atoms with Gasteiger partial charge < -0.3 is 5.73 Å². The molecular formula is C11H12F2N2O2. The van der Waals surface area contributed by atoms with Crippen LogP contribution in [0.25, 0.3) is 0 Å². The van der Waals surface area contributed by atoms with Gasteiger partial charge in [-0.3, -0.25) is 5.21 Å². The molecule has 0 heterocycles. The number of hydroxylamine groups is 2. The molecule has 0 aliphatic heterocycles. The van der Waals surface area contributed by atoms with E-state index in [9.17, 15) is 13.6 Å². The summed E-state index contributed by atoms with van der Waals surface area (Å²) >= 11 is 0. The number of rotatable bonds is 3. The van der Waals surface area contributed by atoms with Crippen LogP contribution in [-0.4, -0.2) is 22.8 Å². The molecule has 0 saturated heterocycles. The molecule has 0 bridgehead atoms. The summed E-state index contributed by atoms with van der Waals surface area (Å²) in [5.74, 6) is -1.34. The summed E-state index contributed by atoms with van der Waals surface area (Å²) in [4.78, 5) is 10.6. The van der Waals surface area contributed by atoms with Gasteiger partial charge >= 0.3 is 6.03 Å². The summed E-state index contributed by atoms with van der Waals surface area (Å²) in [6.45, 7) is 0.0663. The van der Waals surface area contributed by atoms with E-state index < -0.39 is 17.7 Å². The summed E-state index contributed by atoms with van der Waals surface area (Å²) in [5.41, 5.74) is 5.27. The van der Waals surface area contributed by atoms with E-state index in [0.717, 1.165) is 6.07 Å². The molecule has 17 heavy (non-hydrogen) atoms. The van der Waals surface area contributed by atoms with Gasteiger partial charge in [0.1, 0.15) is 11.6 Å². The van der Waals surface area contributed by atoms with Gasteiger partial charge in [0, 0.05) is 6.07 Å². The van der Waals surface area contributed by atoms with Crippen LogP contribution in [0.5, 0.6) is 0 Å². The average Bonchev–Trinajstić information content (AvgIpc) is 2.96. The van der Waals surface area contributed by atoms with Crippen molar-refractivity contribution in [1.82, 2.24) is 5.06 Å². The van der Waals surface area contributed by atoms with Crippen LogP contribution in [0.2, 0.25) is 0 Å². The lowest BCUT2D eigenvalue weighted by Gasteiger charge is -2.11. The summed E-state index contributed by atoms with van der Waals surface area (Å²) < 4.78 is 26.1. The molecule has 1 aromatic carbocycles. The number of hydrogen-bond acceptors (Lipinski definition) is 2. The third-order valence-corrected chi connectivity index (χ3v) is 2.95. The molecule has 92 valence electrons. The first kappa shape index (κ1) is 11.8. The monoisotopic (exact) mass is 242 g/mol. The fourth-order valence-corrected chi connectivity index (χ4v) is 1.94. The lowest BCUT2D eigenvalue weighted by Crippen LogP contribution is -2.34. The van der Waals surface area contributed by atoms with E-state index in [-0.39, 0.29) is 18.4 Å². The smallest absolute Gasteiger partial charge is 0.338 e. The Morgan fingerprint density at radius 3 is 2.82 bits per heavy atom. The van der Waals surface area contributed by atoms with Gasteiger partial charge in [-0.2, -0.15) is 0 Å². The van der Waals surface area contributed by atoms with E-state index >= 15 is 0 Å². The van der Waals surface area contributed by atoms with Gasteiger partial charge in [0.25, 0.3) is 0 Å². The number of urea groups is 1. The van der Waals surface area contributed by atoms with E-state index in [1.54, 1.807) is 0 Å². The van der Waals surface area contributed by atoms with Gasteiger partial charge in [0.05, 0.1) is 6.54 Å². The van der Waals surface area contributed by atoms with E-state index in [1.807, 2.05) is 0 Å². The minimum Gasteiger partial charge on any atom is -0.350 e. The van der Waals surface area contributed by atoms with Crippen LogP contribution in [0.1, 0.15) is 17.9 Å². The van der Waals surface area contributed by atoms with Crippen LogP contribution in [-0.2, 0) is 0 Å².